The molecule has 1 aromatic heterocycles. The molecule has 0 aliphatic carbocycles. The van der Waals surface area contributed by atoms with Crippen molar-refractivity contribution in [3.8, 4) is 0 Å². The van der Waals surface area contributed by atoms with Gasteiger partial charge in [0.05, 0.1) is 12.0 Å². The second-order valence-corrected chi connectivity index (χ2v) is 5.14. The Morgan fingerprint density at radius 1 is 1.37 bits per heavy atom. The highest BCUT2D eigenvalue weighted by Crippen LogP contribution is 2.12. The zero-order valence-corrected chi connectivity index (χ0v) is 11.7. The Hall–Kier alpha value is -1.68. The van der Waals surface area contributed by atoms with Crippen molar-refractivity contribution in [3.05, 3.63) is 53.4 Å². The smallest absolute Gasteiger partial charge is 0.123 e. The number of aryl methyl sites for hydroxylation is 1. The third-order valence-electron chi connectivity index (χ3n) is 3.04. The van der Waals surface area contributed by atoms with Crippen LogP contribution >= 0.6 is 0 Å². The average molecular weight is 261 g/mol. The molecule has 1 N–H and O–H groups in total. The van der Waals surface area contributed by atoms with Crippen LogP contribution in [0, 0.1) is 12.7 Å². The summed E-state index contributed by atoms with van der Waals surface area (Å²) in [7, 11) is 0. The van der Waals surface area contributed by atoms with Crippen LogP contribution in [-0.4, -0.2) is 15.6 Å². The van der Waals surface area contributed by atoms with Crippen LogP contribution in [0.5, 0.6) is 0 Å². The molecule has 0 atom stereocenters. The van der Waals surface area contributed by atoms with Gasteiger partial charge >= 0.3 is 0 Å². The molecule has 0 unspecified atom stereocenters. The number of imidazole rings is 1. The Balaban J connectivity index is 2.05. The average Bonchev–Trinajstić information content (AvgIpc) is 2.79. The molecule has 0 radical (unpaired) electrons. The maximum absolute atomic E-state index is 13.2. The zero-order valence-electron chi connectivity index (χ0n) is 11.7. The molecule has 2 aromatic rings. The molecule has 102 valence electrons. The fourth-order valence-electron chi connectivity index (χ4n) is 1.90. The van der Waals surface area contributed by atoms with E-state index in [0.717, 1.165) is 23.4 Å². The summed E-state index contributed by atoms with van der Waals surface area (Å²) in [6.07, 6.45) is 3.79. The number of hydrogen-bond donors (Lipinski definition) is 1. The number of nitrogens with zero attached hydrogens (tertiary/aromatic N) is 2. The van der Waals surface area contributed by atoms with E-state index in [9.17, 15) is 4.39 Å². The molecule has 0 saturated heterocycles. The summed E-state index contributed by atoms with van der Waals surface area (Å²) >= 11 is 0. The van der Waals surface area contributed by atoms with Gasteiger partial charge in [-0.05, 0) is 30.2 Å². The van der Waals surface area contributed by atoms with Gasteiger partial charge in [0, 0.05) is 25.3 Å². The SMILES string of the molecule is Cc1ccc(F)cc1Cn1cnc(CNC(C)C)c1. The zero-order chi connectivity index (χ0) is 13.8. The second-order valence-electron chi connectivity index (χ2n) is 5.14. The fraction of sp³-hybridized carbons (Fsp3) is 0.400. The molecular formula is C15H20FN3. The molecule has 0 bridgehead atoms. The monoisotopic (exact) mass is 261 g/mol. The lowest BCUT2D eigenvalue weighted by Gasteiger charge is -2.07. The van der Waals surface area contributed by atoms with Gasteiger partial charge in [0.2, 0.25) is 0 Å². The van der Waals surface area contributed by atoms with Gasteiger partial charge in [-0.3, -0.25) is 0 Å². The van der Waals surface area contributed by atoms with Crippen LogP contribution in [-0.2, 0) is 13.1 Å². The summed E-state index contributed by atoms with van der Waals surface area (Å²) in [5.41, 5.74) is 3.08. The first-order valence-electron chi connectivity index (χ1n) is 6.53. The molecule has 19 heavy (non-hydrogen) atoms. The van der Waals surface area contributed by atoms with Gasteiger partial charge in [-0.2, -0.15) is 0 Å². The van der Waals surface area contributed by atoms with Gasteiger partial charge in [0.25, 0.3) is 0 Å². The number of halogens is 1. The minimum atomic E-state index is -0.192. The second kappa shape index (κ2) is 5.97. The minimum Gasteiger partial charge on any atom is -0.333 e. The van der Waals surface area contributed by atoms with E-state index < -0.39 is 0 Å². The van der Waals surface area contributed by atoms with Crippen molar-refractivity contribution in [3.63, 3.8) is 0 Å². The summed E-state index contributed by atoms with van der Waals surface area (Å²) in [5, 5.41) is 3.32. The Morgan fingerprint density at radius 3 is 2.89 bits per heavy atom. The van der Waals surface area contributed by atoms with Crippen LogP contribution in [0.3, 0.4) is 0 Å². The predicted molar refractivity (Wildman–Crippen MR) is 74.4 cm³/mol. The van der Waals surface area contributed by atoms with Gasteiger partial charge in [-0.1, -0.05) is 19.9 Å². The van der Waals surface area contributed by atoms with Gasteiger partial charge in [0.1, 0.15) is 5.82 Å². The Labute approximate surface area is 113 Å². The lowest BCUT2D eigenvalue weighted by molar-refractivity contribution is 0.582. The first kappa shape index (κ1) is 13.7. The van der Waals surface area contributed by atoms with Gasteiger partial charge in [0.15, 0.2) is 0 Å². The number of hydrogen-bond acceptors (Lipinski definition) is 2. The summed E-state index contributed by atoms with van der Waals surface area (Å²) < 4.78 is 15.2. The lowest BCUT2D eigenvalue weighted by atomic mass is 10.1. The maximum Gasteiger partial charge on any atom is 0.123 e. The number of rotatable bonds is 5. The number of aromatic nitrogens is 2. The van der Waals surface area contributed by atoms with Gasteiger partial charge < -0.3 is 9.88 Å². The van der Waals surface area contributed by atoms with E-state index in [2.05, 4.69) is 24.1 Å². The predicted octanol–water partition coefficient (Wildman–Crippen LogP) is 2.88. The molecule has 2 rings (SSSR count). The van der Waals surface area contributed by atoms with E-state index in [1.807, 2.05) is 23.8 Å². The highest BCUT2D eigenvalue weighted by atomic mass is 19.1. The molecule has 3 nitrogen and oxygen atoms in total. The lowest BCUT2D eigenvalue weighted by Crippen LogP contribution is -2.21. The van der Waals surface area contributed by atoms with Crippen molar-refractivity contribution < 1.29 is 4.39 Å². The molecule has 0 fully saturated rings. The number of benzene rings is 1. The summed E-state index contributed by atoms with van der Waals surface area (Å²) in [6, 6.07) is 5.32. The molecule has 0 aliphatic heterocycles. The van der Waals surface area contributed by atoms with Gasteiger partial charge in [-0.25, -0.2) is 9.37 Å². The van der Waals surface area contributed by atoms with Crippen molar-refractivity contribution in [2.24, 2.45) is 0 Å². The quantitative estimate of drug-likeness (QED) is 0.897. The van der Waals surface area contributed by atoms with Gasteiger partial charge in [-0.15, -0.1) is 0 Å². The van der Waals surface area contributed by atoms with Crippen molar-refractivity contribution in [1.82, 2.24) is 14.9 Å². The summed E-state index contributed by atoms with van der Waals surface area (Å²) in [5.74, 6) is -0.192. The molecule has 1 aromatic carbocycles. The topological polar surface area (TPSA) is 29.9 Å². The summed E-state index contributed by atoms with van der Waals surface area (Å²) in [4.78, 5) is 4.34. The molecule has 4 heteroatoms. The van der Waals surface area contributed by atoms with Crippen LogP contribution in [0.1, 0.15) is 30.7 Å². The molecule has 0 spiro atoms. The van der Waals surface area contributed by atoms with E-state index in [0.29, 0.717) is 12.6 Å². The van der Waals surface area contributed by atoms with Crippen LogP contribution in [0.4, 0.5) is 4.39 Å². The van der Waals surface area contributed by atoms with Crippen LogP contribution in [0.25, 0.3) is 0 Å². The molecular weight excluding hydrogens is 241 g/mol. The molecule has 0 saturated carbocycles. The normalized spacial score (nSPS) is 11.2. The largest absolute Gasteiger partial charge is 0.333 e. The molecule has 0 aliphatic rings. The maximum atomic E-state index is 13.2. The third kappa shape index (κ3) is 3.89. The number of nitrogens with one attached hydrogen (secondary N) is 1. The third-order valence-corrected chi connectivity index (χ3v) is 3.04. The van der Waals surface area contributed by atoms with Crippen molar-refractivity contribution in [2.75, 3.05) is 0 Å². The summed E-state index contributed by atoms with van der Waals surface area (Å²) in [6.45, 7) is 7.61. The van der Waals surface area contributed by atoms with Crippen molar-refractivity contribution in [1.29, 1.82) is 0 Å². The minimum absolute atomic E-state index is 0.192. The Kier molecular flexibility index (Phi) is 4.32. The first-order valence-corrected chi connectivity index (χ1v) is 6.53. The Bertz CT molecular complexity index is 546. The van der Waals surface area contributed by atoms with Crippen molar-refractivity contribution in [2.45, 2.75) is 39.9 Å². The highest BCUT2D eigenvalue weighted by molar-refractivity contribution is 5.26. The van der Waals surface area contributed by atoms with Crippen LogP contribution in [0.2, 0.25) is 0 Å². The Morgan fingerprint density at radius 2 is 2.16 bits per heavy atom. The molecule has 0 amide bonds. The van der Waals surface area contributed by atoms with Crippen molar-refractivity contribution >= 4 is 0 Å². The van der Waals surface area contributed by atoms with E-state index >= 15 is 0 Å². The van der Waals surface area contributed by atoms with E-state index in [1.165, 1.54) is 6.07 Å². The van der Waals surface area contributed by atoms with E-state index in [1.54, 1.807) is 12.4 Å². The highest BCUT2D eigenvalue weighted by Gasteiger charge is 2.04. The first-order chi connectivity index (χ1) is 9.04. The molecule has 1 heterocycles. The van der Waals surface area contributed by atoms with Crippen LogP contribution in [0.15, 0.2) is 30.7 Å². The van der Waals surface area contributed by atoms with E-state index in [-0.39, 0.29) is 5.82 Å². The van der Waals surface area contributed by atoms with E-state index in [4.69, 9.17) is 0 Å². The standard InChI is InChI=1S/C15H20FN3/c1-11(2)17-7-15-9-19(10-18-15)8-13-6-14(16)5-4-12(13)3/h4-6,9-11,17H,7-8H2,1-3H3. The van der Waals surface area contributed by atoms with Crippen LogP contribution < -0.4 is 5.32 Å². The fourth-order valence-corrected chi connectivity index (χ4v) is 1.90.